The smallest absolute Gasteiger partial charge is 0.170 e. The van der Waals surface area contributed by atoms with Gasteiger partial charge in [-0.15, -0.1) is 0 Å². The third-order valence-electron chi connectivity index (χ3n) is 5.95. The van der Waals surface area contributed by atoms with Crippen LogP contribution in [0.25, 0.3) is 22.2 Å². The first-order chi connectivity index (χ1) is 15.7. The topological polar surface area (TPSA) is 67.5 Å². The van der Waals surface area contributed by atoms with E-state index in [-0.39, 0.29) is 18.5 Å². The van der Waals surface area contributed by atoms with Gasteiger partial charge in [0.25, 0.3) is 0 Å². The number of benzene rings is 3. The molecule has 0 fully saturated rings. The van der Waals surface area contributed by atoms with Gasteiger partial charge in [0, 0.05) is 29.6 Å². The zero-order valence-corrected chi connectivity index (χ0v) is 17.6. The summed E-state index contributed by atoms with van der Waals surface area (Å²) in [6, 6.07) is 20.6. The van der Waals surface area contributed by atoms with Gasteiger partial charge in [0.1, 0.15) is 30.0 Å². The molecular formula is C26H25FN2O3. The number of nitrogens with one attached hydrogen (secondary N) is 1. The number of rotatable bonds is 7. The second kappa shape index (κ2) is 9.10. The van der Waals surface area contributed by atoms with Crippen molar-refractivity contribution >= 4 is 11.0 Å². The number of aryl methyl sites for hydroxylation is 1. The van der Waals surface area contributed by atoms with Gasteiger partial charge in [-0.3, -0.25) is 0 Å². The highest BCUT2D eigenvalue weighted by molar-refractivity contribution is 5.91. The van der Waals surface area contributed by atoms with Gasteiger partial charge in [0.05, 0.1) is 0 Å². The molecule has 4 aromatic rings. The monoisotopic (exact) mass is 432 g/mol. The van der Waals surface area contributed by atoms with E-state index in [4.69, 9.17) is 9.26 Å². The molecule has 5 rings (SSSR count). The largest absolute Gasteiger partial charge is 0.491 e. The van der Waals surface area contributed by atoms with Crippen molar-refractivity contribution in [3.63, 3.8) is 0 Å². The van der Waals surface area contributed by atoms with Crippen molar-refractivity contribution in [2.75, 3.05) is 13.2 Å². The van der Waals surface area contributed by atoms with Gasteiger partial charge in [0.15, 0.2) is 5.58 Å². The Hall–Kier alpha value is -3.22. The van der Waals surface area contributed by atoms with Crippen LogP contribution in [0.3, 0.4) is 0 Å². The highest BCUT2D eigenvalue weighted by Crippen LogP contribution is 2.31. The number of halogens is 1. The van der Waals surface area contributed by atoms with Crippen molar-refractivity contribution < 1.29 is 18.8 Å². The van der Waals surface area contributed by atoms with Gasteiger partial charge in [0.2, 0.25) is 0 Å². The summed E-state index contributed by atoms with van der Waals surface area (Å²) in [5, 5.41) is 18.8. The molecule has 0 spiro atoms. The second-order valence-electron chi connectivity index (χ2n) is 8.22. The van der Waals surface area contributed by atoms with Crippen molar-refractivity contribution in [1.29, 1.82) is 0 Å². The summed E-state index contributed by atoms with van der Waals surface area (Å²) in [5.74, 6) is 0.263. The normalized spacial score (nSPS) is 16.6. The number of hydrogen-bond donors (Lipinski definition) is 2. The van der Waals surface area contributed by atoms with Gasteiger partial charge >= 0.3 is 0 Å². The molecule has 1 aromatic heterocycles. The van der Waals surface area contributed by atoms with Crippen molar-refractivity contribution in [2.24, 2.45) is 0 Å². The standard InChI is InChI=1S/C26H25FN2O3/c27-19-11-12-23-25(14-19)32-29-26(23)18-7-3-8-21(13-18)31-16-20(30)15-28-24-10-4-6-17-5-1-2-9-22(17)24/h1-3,5,7-9,11-14,20,24,28,30H,4,6,10,15-16H2. The lowest BCUT2D eigenvalue weighted by molar-refractivity contribution is 0.103. The zero-order chi connectivity index (χ0) is 21.9. The van der Waals surface area contributed by atoms with Crippen molar-refractivity contribution in [3.05, 3.63) is 83.7 Å². The third kappa shape index (κ3) is 4.38. The Bertz CT molecular complexity index is 1220. The summed E-state index contributed by atoms with van der Waals surface area (Å²) in [5.41, 5.74) is 4.56. The minimum atomic E-state index is -0.636. The summed E-state index contributed by atoms with van der Waals surface area (Å²) in [6.45, 7) is 0.633. The van der Waals surface area contributed by atoms with E-state index in [1.165, 1.54) is 23.3 Å². The molecule has 0 radical (unpaired) electrons. The van der Waals surface area contributed by atoms with Crippen LogP contribution in [-0.4, -0.2) is 29.5 Å². The highest BCUT2D eigenvalue weighted by Gasteiger charge is 2.20. The minimum Gasteiger partial charge on any atom is -0.491 e. The minimum absolute atomic E-state index is 0.176. The fourth-order valence-electron chi connectivity index (χ4n) is 4.35. The molecule has 0 aliphatic heterocycles. The lowest BCUT2D eigenvalue weighted by atomic mass is 9.88. The number of aliphatic hydroxyl groups excluding tert-OH is 1. The molecule has 3 aromatic carbocycles. The van der Waals surface area contributed by atoms with Crippen LogP contribution in [0, 0.1) is 5.82 Å². The molecule has 0 saturated carbocycles. The molecule has 0 amide bonds. The number of nitrogens with zero attached hydrogens (tertiary/aromatic N) is 1. The fraction of sp³-hybridized carbons (Fsp3) is 0.269. The predicted octanol–water partition coefficient (Wildman–Crippen LogP) is 5.04. The van der Waals surface area contributed by atoms with Crippen molar-refractivity contribution in [3.8, 4) is 17.0 Å². The maximum Gasteiger partial charge on any atom is 0.170 e. The number of hydrogen-bond acceptors (Lipinski definition) is 5. The number of ether oxygens (including phenoxy) is 1. The molecule has 2 atom stereocenters. The van der Waals surface area contributed by atoms with Gasteiger partial charge in [-0.1, -0.05) is 41.6 Å². The maximum absolute atomic E-state index is 13.4. The van der Waals surface area contributed by atoms with E-state index >= 15 is 0 Å². The summed E-state index contributed by atoms with van der Waals surface area (Å²) in [7, 11) is 0. The van der Waals surface area contributed by atoms with Crippen LogP contribution in [0.1, 0.15) is 30.0 Å². The van der Waals surface area contributed by atoms with Crippen LogP contribution in [0.5, 0.6) is 5.75 Å². The van der Waals surface area contributed by atoms with Gasteiger partial charge in [-0.25, -0.2) is 4.39 Å². The molecule has 1 aliphatic rings. The fourth-order valence-corrected chi connectivity index (χ4v) is 4.35. The first-order valence-corrected chi connectivity index (χ1v) is 10.9. The first-order valence-electron chi connectivity index (χ1n) is 10.9. The van der Waals surface area contributed by atoms with E-state index in [0.29, 0.717) is 23.6 Å². The van der Waals surface area contributed by atoms with Crippen molar-refractivity contribution in [2.45, 2.75) is 31.4 Å². The van der Waals surface area contributed by atoms with Crippen LogP contribution in [0.4, 0.5) is 4.39 Å². The SMILES string of the molecule is OC(CNC1CCCc2ccccc21)COc1cccc(-c2noc3cc(F)ccc23)c1. The summed E-state index contributed by atoms with van der Waals surface area (Å²) in [6.07, 6.45) is 2.70. The summed E-state index contributed by atoms with van der Waals surface area (Å²) in [4.78, 5) is 0. The Kier molecular flexibility index (Phi) is 5.88. The van der Waals surface area contributed by atoms with E-state index in [2.05, 4.69) is 34.7 Å². The maximum atomic E-state index is 13.4. The van der Waals surface area contributed by atoms with E-state index < -0.39 is 6.10 Å². The Morgan fingerprint density at radius 1 is 1.12 bits per heavy atom. The van der Waals surface area contributed by atoms with Gasteiger partial charge in [-0.2, -0.15) is 0 Å². The molecule has 2 N–H and O–H groups in total. The Morgan fingerprint density at radius 2 is 2.03 bits per heavy atom. The second-order valence-corrected chi connectivity index (χ2v) is 8.22. The molecule has 0 bridgehead atoms. The molecule has 5 nitrogen and oxygen atoms in total. The Balaban J connectivity index is 1.20. The quantitative estimate of drug-likeness (QED) is 0.428. The molecule has 2 unspecified atom stereocenters. The predicted molar refractivity (Wildman–Crippen MR) is 121 cm³/mol. The zero-order valence-electron chi connectivity index (χ0n) is 17.6. The molecule has 1 heterocycles. The average molecular weight is 432 g/mol. The Labute approximate surface area is 185 Å². The van der Waals surface area contributed by atoms with Crippen LogP contribution < -0.4 is 10.1 Å². The van der Waals surface area contributed by atoms with Crippen LogP contribution in [-0.2, 0) is 6.42 Å². The number of fused-ring (bicyclic) bond motifs is 2. The third-order valence-corrected chi connectivity index (χ3v) is 5.95. The number of aliphatic hydroxyl groups is 1. The summed E-state index contributed by atoms with van der Waals surface area (Å²) < 4.78 is 24.5. The molecule has 0 saturated heterocycles. The summed E-state index contributed by atoms with van der Waals surface area (Å²) >= 11 is 0. The van der Waals surface area contributed by atoms with Crippen LogP contribution in [0.2, 0.25) is 0 Å². The lowest BCUT2D eigenvalue weighted by Gasteiger charge is -2.27. The number of aromatic nitrogens is 1. The highest BCUT2D eigenvalue weighted by atomic mass is 19.1. The van der Waals surface area contributed by atoms with E-state index in [0.717, 1.165) is 30.2 Å². The van der Waals surface area contributed by atoms with Gasteiger partial charge in [-0.05, 0) is 54.7 Å². The molecule has 164 valence electrons. The molecule has 1 aliphatic carbocycles. The molecular weight excluding hydrogens is 407 g/mol. The van der Waals surface area contributed by atoms with E-state index in [1.54, 1.807) is 6.07 Å². The Morgan fingerprint density at radius 3 is 2.97 bits per heavy atom. The molecule has 32 heavy (non-hydrogen) atoms. The van der Waals surface area contributed by atoms with Crippen LogP contribution in [0.15, 0.2) is 71.3 Å². The van der Waals surface area contributed by atoms with Crippen molar-refractivity contribution in [1.82, 2.24) is 10.5 Å². The first kappa shape index (κ1) is 20.7. The van der Waals surface area contributed by atoms with Gasteiger partial charge < -0.3 is 19.7 Å². The lowest BCUT2D eigenvalue weighted by Crippen LogP contribution is -2.35. The van der Waals surface area contributed by atoms with E-state index in [1.807, 2.05) is 24.3 Å². The van der Waals surface area contributed by atoms with Crippen LogP contribution >= 0.6 is 0 Å². The van der Waals surface area contributed by atoms with E-state index in [9.17, 15) is 9.50 Å². The average Bonchev–Trinajstić information content (AvgIpc) is 3.24. The molecule has 6 heteroatoms.